The molecule has 0 bridgehead atoms. The van der Waals surface area contributed by atoms with Crippen molar-refractivity contribution in [3.05, 3.63) is 35.5 Å². The van der Waals surface area contributed by atoms with E-state index >= 15 is 0 Å². The molecular formula is C15H19ClN2O2. The van der Waals surface area contributed by atoms with Gasteiger partial charge < -0.3 is 9.84 Å². The van der Waals surface area contributed by atoms with Crippen LogP contribution in [-0.4, -0.2) is 47.8 Å². The van der Waals surface area contributed by atoms with Crippen LogP contribution in [-0.2, 0) is 0 Å². The lowest BCUT2D eigenvalue weighted by atomic mass is 10.2. The third-order valence-electron chi connectivity index (χ3n) is 3.16. The summed E-state index contributed by atoms with van der Waals surface area (Å²) >= 11 is 5.97. The van der Waals surface area contributed by atoms with Crippen molar-refractivity contribution in [3.63, 3.8) is 0 Å². The Bertz CT molecular complexity index is 563. The van der Waals surface area contributed by atoms with E-state index < -0.39 is 0 Å². The third kappa shape index (κ3) is 4.07. The number of hydrogen-bond acceptors (Lipinski definition) is 4. The first-order valence-electron chi connectivity index (χ1n) is 6.74. The molecule has 108 valence electrons. The third-order valence-corrected chi connectivity index (χ3v) is 3.39. The molecule has 1 aromatic carbocycles. The molecule has 0 radical (unpaired) electrons. The average Bonchev–Trinajstić information content (AvgIpc) is 2.46. The van der Waals surface area contributed by atoms with Gasteiger partial charge in [-0.25, -0.2) is 0 Å². The molecule has 1 N–H and O–H groups in total. The highest BCUT2D eigenvalue weighted by atomic mass is 35.5. The molecule has 2 rings (SSSR count). The summed E-state index contributed by atoms with van der Waals surface area (Å²) in [5, 5.41) is 10.6. The molecule has 0 atom stereocenters. The van der Waals surface area contributed by atoms with Gasteiger partial charge in [-0.1, -0.05) is 18.5 Å². The van der Waals surface area contributed by atoms with Gasteiger partial charge in [0.1, 0.15) is 12.4 Å². The summed E-state index contributed by atoms with van der Waals surface area (Å²) in [5.41, 5.74) is 0.900. The maximum absolute atomic E-state index is 8.92. The Morgan fingerprint density at radius 3 is 2.90 bits per heavy atom. The fraction of sp³-hybridized carbons (Fsp3) is 0.400. The van der Waals surface area contributed by atoms with Crippen LogP contribution in [0, 0.1) is 0 Å². The topological polar surface area (TPSA) is 45.6 Å². The van der Waals surface area contributed by atoms with Crippen LogP contribution in [0.15, 0.2) is 30.5 Å². The smallest absolute Gasteiger partial charge is 0.138 e. The number of fused-ring (bicyclic) bond motifs is 1. The quantitative estimate of drug-likeness (QED) is 0.852. The first-order valence-corrected chi connectivity index (χ1v) is 7.12. The minimum atomic E-state index is 0.171. The van der Waals surface area contributed by atoms with E-state index in [1.807, 2.05) is 24.3 Å². The van der Waals surface area contributed by atoms with Crippen LogP contribution in [0.4, 0.5) is 0 Å². The Balaban J connectivity index is 1.96. The summed E-state index contributed by atoms with van der Waals surface area (Å²) in [7, 11) is 0. The molecule has 1 heterocycles. The Kier molecular flexibility index (Phi) is 5.59. The van der Waals surface area contributed by atoms with Crippen LogP contribution in [0.2, 0.25) is 5.02 Å². The van der Waals surface area contributed by atoms with E-state index in [-0.39, 0.29) is 6.61 Å². The number of benzene rings is 1. The molecule has 0 fully saturated rings. The predicted octanol–water partition coefficient (Wildman–Crippen LogP) is 2.58. The Hall–Kier alpha value is -1.36. The fourth-order valence-corrected chi connectivity index (χ4v) is 2.20. The second-order valence-corrected chi connectivity index (χ2v) is 4.95. The molecule has 2 aromatic rings. The van der Waals surface area contributed by atoms with Gasteiger partial charge in [0, 0.05) is 23.5 Å². The van der Waals surface area contributed by atoms with Crippen LogP contribution in [0.3, 0.4) is 0 Å². The van der Waals surface area contributed by atoms with Gasteiger partial charge in [0.15, 0.2) is 0 Å². The SMILES string of the molecule is CCN(CCO)CCOc1cnc2ccc(Cl)cc2c1. The zero-order valence-electron chi connectivity index (χ0n) is 11.6. The number of likely N-dealkylation sites (N-methyl/N-ethyl adjacent to an activating group) is 1. The monoisotopic (exact) mass is 294 g/mol. The summed E-state index contributed by atoms with van der Waals surface area (Å²) in [6.07, 6.45) is 1.72. The highest BCUT2D eigenvalue weighted by Crippen LogP contribution is 2.21. The number of hydrogen-bond donors (Lipinski definition) is 1. The number of ether oxygens (including phenoxy) is 1. The van der Waals surface area contributed by atoms with Crippen LogP contribution < -0.4 is 4.74 Å². The maximum atomic E-state index is 8.92. The molecule has 0 spiro atoms. The highest BCUT2D eigenvalue weighted by molar-refractivity contribution is 6.31. The summed E-state index contributed by atoms with van der Waals surface area (Å²) in [5.74, 6) is 0.736. The molecule has 0 unspecified atom stereocenters. The summed E-state index contributed by atoms with van der Waals surface area (Å²) < 4.78 is 5.70. The van der Waals surface area contributed by atoms with Crippen molar-refractivity contribution < 1.29 is 9.84 Å². The van der Waals surface area contributed by atoms with Gasteiger partial charge in [-0.2, -0.15) is 0 Å². The van der Waals surface area contributed by atoms with Crippen molar-refractivity contribution in [3.8, 4) is 5.75 Å². The molecule has 0 amide bonds. The fourth-order valence-electron chi connectivity index (χ4n) is 2.02. The van der Waals surface area contributed by atoms with E-state index in [0.717, 1.165) is 29.7 Å². The van der Waals surface area contributed by atoms with Gasteiger partial charge >= 0.3 is 0 Å². The van der Waals surface area contributed by atoms with Crippen LogP contribution in [0.1, 0.15) is 6.92 Å². The second-order valence-electron chi connectivity index (χ2n) is 4.51. The lowest BCUT2D eigenvalue weighted by Crippen LogP contribution is -2.30. The molecule has 20 heavy (non-hydrogen) atoms. The minimum absolute atomic E-state index is 0.171. The lowest BCUT2D eigenvalue weighted by molar-refractivity contribution is 0.174. The summed E-state index contributed by atoms with van der Waals surface area (Å²) in [6.45, 7) is 5.16. The number of halogens is 1. The molecule has 0 saturated carbocycles. The largest absolute Gasteiger partial charge is 0.491 e. The first kappa shape index (κ1) is 15.0. The van der Waals surface area contributed by atoms with Gasteiger partial charge in [0.05, 0.1) is 18.3 Å². The molecule has 1 aromatic heterocycles. The van der Waals surface area contributed by atoms with Gasteiger partial charge in [-0.15, -0.1) is 0 Å². The van der Waals surface area contributed by atoms with E-state index in [1.165, 1.54) is 0 Å². The highest BCUT2D eigenvalue weighted by Gasteiger charge is 2.03. The average molecular weight is 295 g/mol. The number of aromatic nitrogens is 1. The molecule has 0 saturated heterocycles. The van der Waals surface area contributed by atoms with Gasteiger partial charge in [-0.05, 0) is 30.8 Å². The van der Waals surface area contributed by atoms with Crippen LogP contribution in [0.5, 0.6) is 5.75 Å². The molecule has 0 aliphatic rings. The Labute approximate surface area is 123 Å². The summed E-state index contributed by atoms with van der Waals surface area (Å²) in [4.78, 5) is 6.47. The van der Waals surface area contributed by atoms with Gasteiger partial charge in [0.2, 0.25) is 0 Å². The molecule has 0 aliphatic carbocycles. The Morgan fingerprint density at radius 1 is 1.30 bits per heavy atom. The van der Waals surface area contributed by atoms with E-state index in [0.29, 0.717) is 18.2 Å². The first-order chi connectivity index (χ1) is 9.72. The molecule has 5 heteroatoms. The molecule has 4 nitrogen and oxygen atoms in total. The number of aliphatic hydroxyl groups excluding tert-OH is 1. The number of nitrogens with zero attached hydrogens (tertiary/aromatic N) is 2. The standard InChI is InChI=1S/C15H19ClN2O2/c1-2-18(5-7-19)6-8-20-14-10-12-9-13(16)3-4-15(12)17-11-14/h3-4,9-11,19H,2,5-8H2,1H3. The maximum Gasteiger partial charge on any atom is 0.138 e. The number of rotatable bonds is 7. The van der Waals surface area contributed by atoms with Crippen molar-refractivity contribution in [2.75, 3.05) is 32.8 Å². The van der Waals surface area contributed by atoms with Crippen molar-refractivity contribution in [1.29, 1.82) is 0 Å². The lowest BCUT2D eigenvalue weighted by Gasteiger charge is -2.19. The normalized spacial score (nSPS) is 11.2. The van der Waals surface area contributed by atoms with Crippen molar-refractivity contribution >= 4 is 22.5 Å². The van der Waals surface area contributed by atoms with Crippen LogP contribution in [0.25, 0.3) is 10.9 Å². The zero-order valence-corrected chi connectivity index (χ0v) is 12.3. The van der Waals surface area contributed by atoms with Crippen molar-refractivity contribution in [2.45, 2.75) is 6.92 Å². The van der Waals surface area contributed by atoms with E-state index in [9.17, 15) is 0 Å². The van der Waals surface area contributed by atoms with Crippen LogP contribution >= 0.6 is 11.6 Å². The molecular weight excluding hydrogens is 276 g/mol. The zero-order chi connectivity index (χ0) is 14.4. The number of pyridine rings is 1. The summed E-state index contributed by atoms with van der Waals surface area (Å²) in [6, 6.07) is 7.53. The second kappa shape index (κ2) is 7.43. The van der Waals surface area contributed by atoms with Gasteiger partial charge in [0.25, 0.3) is 0 Å². The Morgan fingerprint density at radius 2 is 2.15 bits per heavy atom. The molecule has 0 aliphatic heterocycles. The van der Waals surface area contributed by atoms with E-state index in [1.54, 1.807) is 6.20 Å². The van der Waals surface area contributed by atoms with Crippen molar-refractivity contribution in [2.24, 2.45) is 0 Å². The van der Waals surface area contributed by atoms with Crippen molar-refractivity contribution in [1.82, 2.24) is 9.88 Å². The van der Waals surface area contributed by atoms with Gasteiger partial charge in [-0.3, -0.25) is 9.88 Å². The van der Waals surface area contributed by atoms with E-state index in [2.05, 4.69) is 16.8 Å². The van der Waals surface area contributed by atoms with E-state index in [4.69, 9.17) is 21.4 Å². The predicted molar refractivity (Wildman–Crippen MR) is 81.4 cm³/mol. The minimum Gasteiger partial charge on any atom is -0.491 e. The number of aliphatic hydroxyl groups is 1.